The minimum Gasteiger partial charge on any atom is -0.504 e. The monoisotopic (exact) mass is 522 g/mol. The molecule has 6 nitrogen and oxygen atoms in total. The number of aliphatic hydroxyl groups excluding tert-OH is 1. The SMILES string of the molecule is COc1ccc(C=CC(=O)OC2CC3C(C)(C)C(=O)CCC3(C)C3CCC4(C)C(=CCC4O)C23C)cc1O. The molecule has 206 valence electrons. The van der Waals surface area contributed by atoms with Crippen LogP contribution in [-0.2, 0) is 14.3 Å². The van der Waals surface area contributed by atoms with Crippen LogP contribution in [-0.4, -0.2) is 41.3 Å². The van der Waals surface area contributed by atoms with Crippen LogP contribution in [0.4, 0.5) is 0 Å². The first-order chi connectivity index (χ1) is 17.8. The third kappa shape index (κ3) is 3.77. The molecule has 0 bridgehead atoms. The number of methoxy groups -OCH3 is 1. The highest BCUT2D eigenvalue weighted by atomic mass is 16.5. The first-order valence-corrected chi connectivity index (χ1v) is 14.0. The van der Waals surface area contributed by atoms with Crippen LogP contribution in [0.15, 0.2) is 35.9 Å². The Bertz CT molecular complexity index is 1210. The van der Waals surface area contributed by atoms with Gasteiger partial charge in [-0.05, 0) is 73.1 Å². The number of carbonyl (C=O) groups excluding carboxylic acids is 2. The molecule has 3 saturated carbocycles. The Morgan fingerprint density at radius 1 is 1.11 bits per heavy atom. The zero-order chi connectivity index (χ0) is 27.7. The Kier molecular flexibility index (Phi) is 6.37. The second-order valence-electron chi connectivity index (χ2n) is 13.3. The summed E-state index contributed by atoms with van der Waals surface area (Å²) in [7, 11) is 1.49. The fourth-order valence-electron chi connectivity index (χ4n) is 9.05. The van der Waals surface area contributed by atoms with E-state index in [9.17, 15) is 19.8 Å². The van der Waals surface area contributed by atoms with Crippen LogP contribution < -0.4 is 4.74 Å². The van der Waals surface area contributed by atoms with Crippen molar-refractivity contribution in [2.45, 2.75) is 85.4 Å². The maximum atomic E-state index is 13.3. The molecule has 0 radical (unpaired) electrons. The van der Waals surface area contributed by atoms with Crippen LogP contribution >= 0.6 is 0 Å². The Morgan fingerprint density at radius 2 is 1.84 bits per heavy atom. The van der Waals surface area contributed by atoms with Gasteiger partial charge in [0.05, 0.1) is 13.2 Å². The fourth-order valence-corrected chi connectivity index (χ4v) is 9.05. The third-order valence-electron chi connectivity index (χ3n) is 11.2. The Morgan fingerprint density at radius 3 is 2.53 bits per heavy atom. The summed E-state index contributed by atoms with van der Waals surface area (Å²) in [4.78, 5) is 26.4. The van der Waals surface area contributed by atoms with Crippen molar-refractivity contribution in [2.75, 3.05) is 7.11 Å². The lowest BCUT2D eigenvalue weighted by molar-refractivity contribution is -0.204. The summed E-state index contributed by atoms with van der Waals surface area (Å²) in [5.74, 6) is 0.564. The summed E-state index contributed by atoms with van der Waals surface area (Å²) < 4.78 is 11.4. The summed E-state index contributed by atoms with van der Waals surface area (Å²) in [6.07, 6.45) is 8.94. The van der Waals surface area contributed by atoms with Gasteiger partial charge < -0.3 is 19.7 Å². The van der Waals surface area contributed by atoms with Crippen molar-refractivity contribution in [2.24, 2.45) is 33.5 Å². The van der Waals surface area contributed by atoms with Crippen molar-refractivity contribution in [1.29, 1.82) is 0 Å². The zero-order valence-electron chi connectivity index (χ0n) is 23.5. The maximum absolute atomic E-state index is 13.3. The van der Waals surface area contributed by atoms with E-state index in [0.29, 0.717) is 36.4 Å². The summed E-state index contributed by atoms with van der Waals surface area (Å²) in [5, 5.41) is 21.1. The number of aromatic hydroxyl groups is 1. The van der Waals surface area contributed by atoms with Gasteiger partial charge in [-0.2, -0.15) is 0 Å². The van der Waals surface area contributed by atoms with E-state index >= 15 is 0 Å². The largest absolute Gasteiger partial charge is 0.504 e. The number of Topliss-reactive ketones (excluding diaryl/α,β-unsaturated/α-hetero) is 1. The average molecular weight is 523 g/mol. The van der Waals surface area contributed by atoms with Gasteiger partial charge in [0.25, 0.3) is 0 Å². The molecule has 0 saturated heterocycles. The number of hydrogen-bond acceptors (Lipinski definition) is 6. The van der Waals surface area contributed by atoms with Crippen LogP contribution in [0.2, 0.25) is 0 Å². The van der Waals surface area contributed by atoms with Crippen LogP contribution in [0.25, 0.3) is 6.08 Å². The van der Waals surface area contributed by atoms with Gasteiger partial charge >= 0.3 is 5.97 Å². The molecule has 4 aliphatic carbocycles. The molecule has 0 aromatic heterocycles. The highest BCUT2D eigenvalue weighted by Gasteiger charge is 2.69. The number of aliphatic hydroxyl groups is 1. The lowest BCUT2D eigenvalue weighted by atomic mass is 9.37. The van der Waals surface area contributed by atoms with Gasteiger partial charge in [-0.15, -0.1) is 0 Å². The Balaban J connectivity index is 1.50. The van der Waals surface area contributed by atoms with Gasteiger partial charge in [-0.3, -0.25) is 4.79 Å². The van der Waals surface area contributed by atoms with Crippen molar-refractivity contribution in [3.8, 4) is 11.5 Å². The first kappa shape index (κ1) is 27.0. The molecule has 5 rings (SSSR count). The Hall–Kier alpha value is -2.60. The van der Waals surface area contributed by atoms with Crippen molar-refractivity contribution in [3.63, 3.8) is 0 Å². The third-order valence-corrected chi connectivity index (χ3v) is 11.2. The molecule has 1 aromatic rings. The van der Waals surface area contributed by atoms with Gasteiger partial charge in [0, 0.05) is 28.7 Å². The zero-order valence-corrected chi connectivity index (χ0v) is 23.5. The van der Waals surface area contributed by atoms with E-state index in [-0.39, 0.29) is 28.4 Å². The van der Waals surface area contributed by atoms with E-state index in [1.807, 2.05) is 0 Å². The number of fused-ring (bicyclic) bond motifs is 5. The summed E-state index contributed by atoms with van der Waals surface area (Å²) in [6.45, 7) is 10.9. The minimum atomic E-state index is -0.486. The van der Waals surface area contributed by atoms with Crippen LogP contribution in [0.3, 0.4) is 0 Å². The number of ether oxygens (including phenoxy) is 2. The second-order valence-corrected chi connectivity index (χ2v) is 13.3. The van der Waals surface area contributed by atoms with Gasteiger partial charge in [0.1, 0.15) is 11.9 Å². The van der Waals surface area contributed by atoms with E-state index < -0.39 is 29.0 Å². The fraction of sp³-hybridized carbons (Fsp3) is 0.625. The molecule has 0 amide bonds. The first-order valence-electron chi connectivity index (χ1n) is 14.0. The van der Waals surface area contributed by atoms with Gasteiger partial charge in [0.15, 0.2) is 11.5 Å². The van der Waals surface area contributed by atoms with E-state index in [0.717, 1.165) is 19.3 Å². The molecule has 1 aromatic carbocycles. The number of esters is 1. The molecule has 38 heavy (non-hydrogen) atoms. The smallest absolute Gasteiger partial charge is 0.331 e. The average Bonchev–Trinajstić information content (AvgIpc) is 3.17. The molecule has 2 N–H and O–H groups in total. The number of carbonyl (C=O) groups is 2. The second kappa shape index (κ2) is 8.97. The number of phenols is 1. The molecule has 0 aliphatic heterocycles. The number of benzene rings is 1. The predicted molar refractivity (Wildman–Crippen MR) is 145 cm³/mol. The van der Waals surface area contributed by atoms with Crippen molar-refractivity contribution in [1.82, 2.24) is 0 Å². The lowest BCUT2D eigenvalue weighted by Crippen LogP contribution is -2.65. The molecule has 3 fully saturated rings. The van der Waals surface area contributed by atoms with E-state index in [4.69, 9.17) is 9.47 Å². The maximum Gasteiger partial charge on any atom is 0.331 e. The molecule has 6 heteroatoms. The standard InChI is InChI=1S/C32H42O6/c1-29(2)24-18-27(38-28(36)12-8-19-7-9-21(37-6)20(33)17-19)32(5)22-10-11-26(35)31(22,4)15-13-23(32)30(24,3)16-14-25(29)34/h7-10,12,17,23-24,26-27,33,35H,11,13-16,18H2,1-6H3. The van der Waals surface area contributed by atoms with Crippen LogP contribution in [0.1, 0.15) is 78.7 Å². The highest BCUT2D eigenvalue weighted by Crippen LogP contribution is 2.72. The summed E-state index contributed by atoms with van der Waals surface area (Å²) >= 11 is 0. The summed E-state index contributed by atoms with van der Waals surface area (Å²) in [6, 6.07) is 4.95. The molecule has 7 unspecified atom stereocenters. The number of ketones is 1. The van der Waals surface area contributed by atoms with Gasteiger partial charge in [0.2, 0.25) is 0 Å². The predicted octanol–water partition coefficient (Wildman–Crippen LogP) is 5.85. The quantitative estimate of drug-likeness (QED) is 0.293. The summed E-state index contributed by atoms with van der Waals surface area (Å²) in [5.41, 5.74) is 0.599. The van der Waals surface area contributed by atoms with Crippen LogP contribution in [0, 0.1) is 33.5 Å². The highest BCUT2D eigenvalue weighted by molar-refractivity contribution is 5.87. The van der Waals surface area contributed by atoms with Crippen LogP contribution in [0.5, 0.6) is 11.5 Å². The lowest BCUT2D eigenvalue weighted by Gasteiger charge is -2.67. The molecule has 0 spiro atoms. The van der Waals surface area contributed by atoms with Gasteiger partial charge in [-0.25, -0.2) is 4.79 Å². The van der Waals surface area contributed by atoms with Crippen molar-refractivity contribution in [3.05, 3.63) is 41.5 Å². The van der Waals surface area contributed by atoms with Crippen molar-refractivity contribution >= 4 is 17.8 Å². The number of phenolic OH excluding ortho intramolecular Hbond substituents is 1. The molecule has 7 atom stereocenters. The molecular weight excluding hydrogens is 480 g/mol. The topological polar surface area (TPSA) is 93.1 Å². The molecular formula is C32H42O6. The Labute approximate surface area is 226 Å². The van der Waals surface area contributed by atoms with E-state index in [1.54, 1.807) is 24.3 Å². The van der Waals surface area contributed by atoms with Gasteiger partial charge in [-0.1, -0.05) is 52.3 Å². The normalized spacial score (nSPS) is 39.7. The molecule has 0 heterocycles. The van der Waals surface area contributed by atoms with E-state index in [2.05, 4.69) is 40.7 Å². The minimum absolute atomic E-state index is 0.00218. The van der Waals surface area contributed by atoms with Crippen molar-refractivity contribution < 1.29 is 29.3 Å². The number of rotatable bonds is 4. The molecule has 4 aliphatic rings. The number of hydrogen-bond donors (Lipinski definition) is 2. The van der Waals surface area contributed by atoms with E-state index in [1.165, 1.54) is 18.8 Å².